The Morgan fingerprint density at radius 1 is 1.17 bits per heavy atom. The van der Waals surface area contributed by atoms with E-state index in [1.54, 1.807) is 0 Å². The number of alkyl halides is 1. The van der Waals surface area contributed by atoms with E-state index >= 15 is 0 Å². The summed E-state index contributed by atoms with van der Waals surface area (Å²) in [4.78, 5) is 0. The van der Waals surface area contributed by atoms with Gasteiger partial charge in [0.2, 0.25) is 0 Å². The number of hydrogen-bond acceptors (Lipinski definition) is 2. The summed E-state index contributed by atoms with van der Waals surface area (Å²) < 4.78 is 12.4. The van der Waals surface area contributed by atoms with Crippen LogP contribution in [0.4, 0.5) is 0 Å². The van der Waals surface area contributed by atoms with E-state index in [1.807, 2.05) is 0 Å². The predicted molar refractivity (Wildman–Crippen MR) is 59.6 cm³/mol. The normalized spacial score (nSPS) is 27.2. The Balaban J connectivity index is 2.66. The van der Waals surface area contributed by atoms with Crippen LogP contribution in [0.15, 0.2) is 0 Å². The molecule has 0 aromatic rings. The SMILES string of the molecule is CC1(C)CC(C)(C)OB(CI)O1. The van der Waals surface area contributed by atoms with Crippen molar-refractivity contribution in [2.45, 2.75) is 45.3 Å². The van der Waals surface area contributed by atoms with Crippen LogP contribution in [-0.4, -0.2) is 22.6 Å². The molecule has 70 valence electrons. The highest BCUT2D eigenvalue weighted by Gasteiger charge is 2.41. The Bertz CT molecular complexity index is 154. The highest BCUT2D eigenvalue weighted by Crippen LogP contribution is 2.33. The molecule has 0 radical (unpaired) electrons. The molecular weight excluding hydrogens is 266 g/mol. The second-order valence-electron chi connectivity index (χ2n) is 4.52. The van der Waals surface area contributed by atoms with Gasteiger partial charge in [0, 0.05) is 10.7 Å². The van der Waals surface area contributed by atoms with Crippen LogP contribution in [0.5, 0.6) is 0 Å². The number of halogens is 1. The molecule has 0 bridgehead atoms. The third-order valence-electron chi connectivity index (χ3n) is 1.88. The van der Waals surface area contributed by atoms with Crippen molar-refractivity contribution in [1.29, 1.82) is 0 Å². The van der Waals surface area contributed by atoms with Gasteiger partial charge in [0.15, 0.2) is 0 Å². The van der Waals surface area contributed by atoms with E-state index in [0.717, 1.165) is 10.7 Å². The van der Waals surface area contributed by atoms with Crippen LogP contribution in [0.25, 0.3) is 0 Å². The molecule has 0 amide bonds. The van der Waals surface area contributed by atoms with E-state index in [9.17, 15) is 0 Å². The van der Waals surface area contributed by atoms with Crippen molar-refractivity contribution in [3.63, 3.8) is 0 Å². The Hall–Kier alpha value is 0.715. The molecule has 1 rings (SSSR count). The summed E-state index contributed by atoms with van der Waals surface area (Å²) in [5.41, 5.74) is -0.0881. The minimum atomic E-state index is -0.0441. The Kier molecular flexibility index (Phi) is 3.11. The average molecular weight is 282 g/mol. The Labute approximate surface area is 88.7 Å². The number of rotatable bonds is 1. The van der Waals surface area contributed by atoms with E-state index in [1.165, 1.54) is 0 Å². The van der Waals surface area contributed by atoms with Crippen LogP contribution in [0, 0.1) is 0 Å². The smallest absolute Gasteiger partial charge is 0.406 e. The number of hydrogen-bond donors (Lipinski definition) is 0. The summed E-state index contributed by atoms with van der Waals surface area (Å²) in [5.74, 6) is 0. The Morgan fingerprint density at radius 2 is 1.58 bits per heavy atom. The lowest BCUT2D eigenvalue weighted by molar-refractivity contribution is -0.0744. The third-order valence-corrected chi connectivity index (χ3v) is 2.60. The zero-order valence-electron chi connectivity index (χ0n) is 8.19. The topological polar surface area (TPSA) is 18.5 Å². The maximum atomic E-state index is 5.73. The van der Waals surface area contributed by atoms with Crippen molar-refractivity contribution >= 4 is 29.7 Å². The van der Waals surface area contributed by atoms with Crippen molar-refractivity contribution in [2.75, 3.05) is 4.33 Å². The van der Waals surface area contributed by atoms with E-state index in [4.69, 9.17) is 9.31 Å². The lowest BCUT2D eigenvalue weighted by Gasteiger charge is -2.43. The predicted octanol–water partition coefficient (Wildman–Crippen LogP) is 2.44. The first-order chi connectivity index (χ1) is 5.35. The first-order valence-electron chi connectivity index (χ1n) is 4.26. The van der Waals surface area contributed by atoms with Gasteiger partial charge in [-0.2, -0.15) is 0 Å². The largest absolute Gasteiger partial charge is 0.467 e. The minimum absolute atomic E-state index is 0.0376. The van der Waals surface area contributed by atoms with E-state index in [-0.39, 0.29) is 18.3 Å². The van der Waals surface area contributed by atoms with E-state index in [2.05, 4.69) is 50.3 Å². The van der Waals surface area contributed by atoms with Gasteiger partial charge in [0.25, 0.3) is 0 Å². The molecule has 12 heavy (non-hydrogen) atoms. The second kappa shape index (κ2) is 3.46. The summed E-state index contributed by atoms with van der Waals surface area (Å²) in [6.45, 7) is 8.49. The molecule has 4 heteroatoms. The molecule has 0 aromatic carbocycles. The van der Waals surface area contributed by atoms with Crippen molar-refractivity contribution in [3.8, 4) is 0 Å². The van der Waals surface area contributed by atoms with Crippen molar-refractivity contribution in [2.24, 2.45) is 0 Å². The summed E-state index contributed by atoms with van der Waals surface area (Å²) >= 11 is 2.29. The highest BCUT2D eigenvalue weighted by atomic mass is 127. The molecule has 2 nitrogen and oxygen atoms in total. The van der Waals surface area contributed by atoms with Gasteiger partial charge in [-0.05, 0) is 27.7 Å². The van der Waals surface area contributed by atoms with Crippen LogP contribution in [0.1, 0.15) is 34.1 Å². The Morgan fingerprint density at radius 3 is 1.92 bits per heavy atom. The second-order valence-corrected chi connectivity index (χ2v) is 5.40. The van der Waals surface area contributed by atoms with Gasteiger partial charge >= 0.3 is 7.12 Å². The first-order valence-corrected chi connectivity index (χ1v) is 5.79. The lowest BCUT2D eigenvalue weighted by Crippen LogP contribution is -2.52. The van der Waals surface area contributed by atoms with Crippen LogP contribution in [-0.2, 0) is 9.31 Å². The molecular formula is C8H16BIO2. The molecule has 0 atom stereocenters. The maximum absolute atomic E-state index is 5.73. The van der Waals surface area contributed by atoms with Gasteiger partial charge in [0.05, 0.1) is 11.2 Å². The van der Waals surface area contributed by atoms with Gasteiger partial charge in [0.1, 0.15) is 0 Å². The molecule has 0 aliphatic carbocycles. The average Bonchev–Trinajstić information content (AvgIpc) is 1.80. The van der Waals surface area contributed by atoms with E-state index in [0.29, 0.717) is 0 Å². The van der Waals surface area contributed by atoms with Gasteiger partial charge in [-0.1, -0.05) is 22.6 Å². The fraction of sp³-hybridized carbons (Fsp3) is 1.00. The maximum Gasteiger partial charge on any atom is 0.467 e. The summed E-state index contributed by atoms with van der Waals surface area (Å²) in [5, 5.41) is 0. The molecule has 0 N–H and O–H groups in total. The zero-order valence-corrected chi connectivity index (χ0v) is 10.3. The van der Waals surface area contributed by atoms with Crippen molar-refractivity contribution in [3.05, 3.63) is 0 Å². The monoisotopic (exact) mass is 282 g/mol. The molecule has 0 unspecified atom stereocenters. The summed E-state index contributed by atoms with van der Waals surface area (Å²) in [6, 6.07) is 0. The van der Waals surface area contributed by atoms with Crippen LogP contribution in [0.3, 0.4) is 0 Å². The molecule has 1 aliphatic heterocycles. The minimum Gasteiger partial charge on any atom is -0.406 e. The zero-order chi connectivity index (χ0) is 9.41. The molecule has 1 saturated heterocycles. The fourth-order valence-electron chi connectivity index (χ4n) is 1.91. The summed E-state index contributed by atoms with van der Waals surface area (Å²) in [7, 11) is -0.0376. The molecule has 0 saturated carbocycles. The van der Waals surface area contributed by atoms with Crippen molar-refractivity contribution < 1.29 is 9.31 Å². The van der Waals surface area contributed by atoms with Crippen LogP contribution < -0.4 is 0 Å². The molecule has 1 heterocycles. The molecule has 1 fully saturated rings. The van der Waals surface area contributed by atoms with Gasteiger partial charge in [-0.15, -0.1) is 0 Å². The highest BCUT2D eigenvalue weighted by molar-refractivity contribution is 14.1. The molecule has 1 aliphatic rings. The van der Waals surface area contributed by atoms with E-state index < -0.39 is 0 Å². The summed E-state index contributed by atoms with van der Waals surface area (Å²) in [6.07, 6.45) is 0.952. The lowest BCUT2D eigenvalue weighted by atomic mass is 9.81. The van der Waals surface area contributed by atoms with Gasteiger partial charge < -0.3 is 9.31 Å². The first kappa shape index (κ1) is 10.8. The van der Waals surface area contributed by atoms with Crippen molar-refractivity contribution in [1.82, 2.24) is 0 Å². The van der Waals surface area contributed by atoms with Crippen LogP contribution >= 0.6 is 22.6 Å². The molecule has 0 spiro atoms. The molecule has 0 aromatic heterocycles. The quantitative estimate of drug-likeness (QED) is 0.418. The van der Waals surface area contributed by atoms with Gasteiger partial charge in [-0.25, -0.2) is 0 Å². The third kappa shape index (κ3) is 2.89. The van der Waals surface area contributed by atoms with Crippen LogP contribution in [0.2, 0.25) is 0 Å². The standard InChI is InChI=1S/C8H16BIO2/c1-7(2)5-8(3,4)12-9(6-10)11-7/h5-6H2,1-4H3. The van der Waals surface area contributed by atoms with Gasteiger partial charge in [-0.3, -0.25) is 0 Å². The fourth-order valence-corrected chi connectivity index (χ4v) is 2.27.